The normalized spacial score (nSPS) is 10.7. The monoisotopic (exact) mass is 321 g/mol. The summed E-state index contributed by atoms with van der Waals surface area (Å²) >= 11 is 0. The summed E-state index contributed by atoms with van der Waals surface area (Å²) in [5.74, 6) is -1.31. The Labute approximate surface area is 136 Å². The number of imide groups is 1. The van der Waals surface area contributed by atoms with E-state index in [1.807, 2.05) is 19.0 Å². The van der Waals surface area contributed by atoms with Gasteiger partial charge in [0.2, 0.25) is 0 Å². The van der Waals surface area contributed by atoms with Gasteiger partial charge in [0.1, 0.15) is 0 Å². The lowest BCUT2D eigenvalue weighted by Gasteiger charge is -2.20. The molecule has 23 heavy (non-hydrogen) atoms. The quantitative estimate of drug-likeness (QED) is 0.821. The van der Waals surface area contributed by atoms with Gasteiger partial charge in [0.15, 0.2) is 6.61 Å². The van der Waals surface area contributed by atoms with Gasteiger partial charge in [0.05, 0.1) is 5.56 Å². The zero-order chi connectivity index (χ0) is 17.6. The van der Waals surface area contributed by atoms with Gasteiger partial charge in [-0.1, -0.05) is 0 Å². The lowest BCUT2D eigenvalue weighted by molar-refractivity contribution is -0.123. The predicted octanol–water partition coefficient (Wildman–Crippen LogP) is 1.53. The minimum atomic E-state index is -0.690. The van der Waals surface area contributed by atoms with Gasteiger partial charge in [-0.05, 0) is 45.0 Å². The molecule has 3 amide bonds. The Morgan fingerprint density at radius 3 is 2.13 bits per heavy atom. The Balaban J connectivity index is 2.46. The number of ether oxygens (including phenoxy) is 1. The molecular formula is C16H23N3O4. The second-order valence-electron chi connectivity index (χ2n) is 6.27. The molecule has 0 fully saturated rings. The standard InChI is InChI=1S/C16H23N3O4/c1-16(2,3)18-15(22)17-13(20)10-23-14(21)11-6-8-12(9-7-11)19(4)5/h6-9H,10H2,1-5H3,(H2,17,18,20,22). The van der Waals surface area contributed by atoms with Gasteiger partial charge in [-0.3, -0.25) is 10.1 Å². The van der Waals surface area contributed by atoms with Gasteiger partial charge in [0.25, 0.3) is 5.91 Å². The van der Waals surface area contributed by atoms with Crippen molar-refractivity contribution in [2.75, 3.05) is 25.6 Å². The van der Waals surface area contributed by atoms with E-state index in [1.165, 1.54) is 0 Å². The van der Waals surface area contributed by atoms with E-state index in [4.69, 9.17) is 4.74 Å². The Kier molecular flexibility index (Phi) is 6.12. The lowest BCUT2D eigenvalue weighted by Crippen LogP contribution is -2.49. The zero-order valence-corrected chi connectivity index (χ0v) is 14.1. The number of benzene rings is 1. The summed E-state index contributed by atoms with van der Waals surface area (Å²) in [6, 6.07) is 6.14. The fourth-order valence-corrected chi connectivity index (χ4v) is 1.64. The van der Waals surface area contributed by atoms with Gasteiger partial charge >= 0.3 is 12.0 Å². The number of carbonyl (C=O) groups excluding carboxylic acids is 3. The first-order chi connectivity index (χ1) is 10.6. The van der Waals surface area contributed by atoms with Crippen LogP contribution < -0.4 is 15.5 Å². The van der Waals surface area contributed by atoms with E-state index >= 15 is 0 Å². The van der Waals surface area contributed by atoms with Gasteiger partial charge in [-0.15, -0.1) is 0 Å². The molecule has 0 aliphatic carbocycles. The lowest BCUT2D eigenvalue weighted by atomic mass is 10.1. The molecule has 0 saturated heterocycles. The Morgan fingerprint density at radius 1 is 1.09 bits per heavy atom. The van der Waals surface area contributed by atoms with Gasteiger partial charge in [-0.25, -0.2) is 9.59 Å². The number of amides is 3. The molecule has 1 aromatic rings. The van der Waals surface area contributed by atoms with Crippen molar-refractivity contribution < 1.29 is 19.1 Å². The van der Waals surface area contributed by atoms with Crippen LogP contribution in [0.5, 0.6) is 0 Å². The predicted molar refractivity (Wildman–Crippen MR) is 87.5 cm³/mol. The average Bonchev–Trinajstić information content (AvgIpc) is 2.42. The van der Waals surface area contributed by atoms with Gasteiger partial charge in [0, 0.05) is 25.3 Å². The summed E-state index contributed by atoms with van der Waals surface area (Å²) in [4.78, 5) is 36.8. The Bertz CT molecular complexity index is 574. The summed E-state index contributed by atoms with van der Waals surface area (Å²) < 4.78 is 4.88. The number of nitrogens with one attached hydrogen (secondary N) is 2. The number of anilines is 1. The van der Waals surface area contributed by atoms with Crippen LogP contribution in [0.25, 0.3) is 0 Å². The molecule has 7 heteroatoms. The molecule has 7 nitrogen and oxygen atoms in total. The molecule has 0 atom stereocenters. The van der Waals surface area contributed by atoms with Crippen molar-refractivity contribution >= 4 is 23.6 Å². The van der Waals surface area contributed by atoms with Crippen molar-refractivity contribution in [3.8, 4) is 0 Å². The highest BCUT2D eigenvalue weighted by molar-refractivity contribution is 5.97. The van der Waals surface area contributed by atoms with Crippen LogP contribution in [0, 0.1) is 0 Å². The van der Waals surface area contributed by atoms with Crippen molar-refractivity contribution in [1.29, 1.82) is 0 Å². The fraction of sp³-hybridized carbons (Fsp3) is 0.438. The van der Waals surface area contributed by atoms with Crippen LogP contribution in [0.15, 0.2) is 24.3 Å². The second kappa shape index (κ2) is 7.62. The number of urea groups is 1. The zero-order valence-electron chi connectivity index (χ0n) is 14.1. The topological polar surface area (TPSA) is 87.7 Å². The number of nitrogens with zero attached hydrogens (tertiary/aromatic N) is 1. The van der Waals surface area contributed by atoms with E-state index in [-0.39, 0.29) is 0 Å². The number of hydrogen-bond donors (Lipinski definition) is 2. The molecule has 0 bridgehead atoms. The van der Waals surface area contributed by atoms with Crippen LogP contribution >= 0.6 is 0 Å². The molecule has 0 aliphatic heterocycles. The number of rotatable bonds is 4. The van der Waals surface area contributed by atoms with Crippen molar-refractivity contribution in [3.63, 3.8) is 0 Å². The maximum atomic E-state index is 11.8. The molecule has 126 valence electrons. The third kappa shape index (κ3) is 6.82. The Morgan fingerprint density at radius 2 is 1.65 bits per heavy atom. The molecule has 0 aliphatic rings. The highest BCUT2D eigenvalue weighted by Gasteiger charge is 2.17. The molecule has 0 unspecified atom stereocenters. The third-order valence-electron chi connectivity index (χ3n) is 2.70. The van der Waals surface area contributed by atoms with Crippen LogP contribution in [0.1, 0.15) is 31.1 Å². The molecule has 0 aromatic heterocycles. The van der Waals surface area contributed by atoms with E-state index in [0.717, 1.165) is 5.69 Å². The molecular weight excluding hydrogens is 298 g/mol. The van der Waals surface area contributed by atoms with Crippen molar-refractivity contribution in [2.45, 2.75) is 26.3 Å². The van der Waals surface area contributed by atoms with E-state index in [0.29, 0.717) is 5.56 Å². The van der Waals surface area contributed by atoms with E-state index in [2.05, 4.69) is 10.6 Å². The van der Waals surface area contributed by atoms with E-state index < -0.39 is 30.1 Å². The van der Waals surface area contributed by atoms with Gasteiger partial charge < -0.3 is 15.0 Å². The highest BCUT2D eigenvalue weighted by Crippen LogP contribution is 2.12. The van der Waals surface area contributed by atoms with Crippen LogP contribution in [0.2, 0.25) is 0 Å². The summed E-state index contributed by atoms with van der Waals surface area (Å²) in [6.07, 6.45) is 0. The van der Waals surface area contributed by atoms with Crippen molar-refractivity contribution in [1.82, 2.24) is 10.6 Å². The molecule has 1 rings (SSSR count). The highest BCUT2D eigenvalue weighted by atomic mass is 16.5. The number of esters is 1. The van der Waals surface area contributed by atoms with Crippen molar-refractivity contribution in [2.24, 2.45) is 0 Å². The van der Waals surface area contributed by atoms with Crippen LogP contribution in [-0.4, -0.2) is 44.1 Å². The first kappa shape index (κ1) is 18.5. The fourth-order valence-electron chi connectivity index (χ4n) is 1.64. The smallest absolute Gasteiger partial charge is 0.338 e. The molecule has 0 saturated carbocycles. The SMILES string of the molecule is CN(C)c1ccc(C(=O)OCC(=O)NC(=O)NC(C)(C)C)cc1. The molecule has 0 radical (unpaired) electrons. The summed E-state index contributed by atoms with van der Waals surface area (Å²) in [6.45, 7) is 4.84. The summed E-state index contributed by atoms with van der Waals surface area (Å²) in [5, 5.41) is 4.66. The van der Waals surface area contributed by atoms with Crippen LogP contribution in [-0.2, 0) is 9.53 Å². The van der Waals surface area contributed by atoms with Gasteiger partial charge in [-0.2, -0.15) is 0 Å². The second-order valence-corrected chi connectivity index (χ2v) is 6.27. The van der Waals surface area contributed by atoms with E-state index in [9.17, 15) is 14.4 Å². The maximum absolute atomic E-state index is 11.8. The first-order valence-electron chi connectivity index (χ1n) is 7.15. The largest absolute Gasteiger partial charge is 0.452 e. The minimum absolute atomic E-state index is 0.336. The summed E-state index contributed by atoms with van der Waals surface area (Å²) in [5.41, 5.74) is 0.815. The number of hydrogen-bond acceptors (Lipinski definition) is 5. The minimum Gasteiger partial charge on any atom is -0.452 e. The van der Waals surface area contributed by atoms with Crippen LogP contribution in [0.4, 0.5) is 10.5 Å². The van der Waals surface area contributed by atoms with E-state index in [1.54, 1.807) is 45.0 Å². The molecule has 0 spiro atoms. The summed E-state index contributed by atoms with van der Waals surface area (Å²) in [7, 11) is 3.78. The third-order valence-corrected chi connectivity index (χ3v) is 2.70. The molecule has 0 heterocycles. The average molecular weight is 321 g/mol. The Hall–Kier alpha value is -2.57. The first-order valence-corrected chi connectivity index (χ1v) is 7.15. The molecule has 2 N–H and O–H groups in total. The van der Waals surface area contributed by atoms with Crippen molar-refractivity contribution in [3.05, 3.63) is 29.8 Å². The van der Waals surface area contributed by atoms with Crippen LogP contribution in [0.3, 0.4) is 0 Å². The number of carbonyl (C=O) groups is 3. The maximum Gasteiger partial charge on any atom is 0.338 e. The molecule has 1 aromatic carbocycles.